The Morgan fingerprint density at radius 1 is 0.913 bits per heavy atom. The van der Waals surface area contributed by atoms with E-state index in [4.69, 9.17) is 4.98 Å². The molecule has 4 aromatic rings. The van der Waals surface area contributed by atoms with Gasteiger partial charge in [-0.3, -0.25) is 9.20 Å². The van der Waals surface area contributed by atoms with Crippen LogP contribution >= 0.6 is 0 Å². The van der Waals surface area contributed by atoms with Crippen molar-refractivity contribution in [2.24, 2.45) is 0 Å². The third-order valence-corrected chi connectivity index (χ3v) is 4.64. The summed E-state index contributed by atoms with van der Waals surface area (Å²) < 4.78 is 1.80. The zero-order valence-corrected chi connectivity index (χ0v) is 12.5. The topological polar surface area (TPSA) is 34.4 Å². The lowest BCUT2D eigenvalue weighted by Gasteiger charge is -2.11. The Kier molecular flexibility index (Phi) is 2.48. The molecular weight excluding hydrogens is 284 g/mol. The Hall–Kier alpha value is -2.94. The summed E-state index contributed by atoms with van der Waals surface area (Å²) in [6, 6.07) is 17.8. The largest absolute Gasteiger partial charge is 0.268 e. The molecule has 0 bridgehead atoms. The molecule has 0 fully saturated rings. The number of hydrogen-bond donors (Lipinski definition) is 0. The van der Waals surface area contributed by atoms with Crippen molar-refractivity contribution in [3.8, 4) is 11.4 Å². The van der Waals surface area contributed by atoms with Crippen molar-refractivity contribution in [3.63, 3.8) is 0 Å². The minimum atomic E-state index is 0.0206. The number of aromatic nitrogens is 2. The lowest BCUT2D eigenvalue weighted by molar-refractivity contribution is 1.02. The molecule has 0 radical (unpaired) electrons. The van der Waals surface area contributed by atoms with Gasteiger partial charge in [-0.1, -0.05) is 54.6 Å². The van der Waals surface area contributed by atoms with Crippen LogP contribution in [0.2, 0.25) is 0 Å². The molecule has 2 heterocycles. The predicted octanol–water partition coefficient (Wildman–Crippen LogP) is 2.96. The second-order valence-electron chi connectivity index (χ2n) is 5.94. The molecule has 23 heavy (non-hydrogen) atoms. The average Bonchev–Trinajstić information content (AvgIpc) is 3.01. The number of fused-ring (bicyclic) bond motifs is 2. The van der Waals surface area contributed by atoms with E-state index in [9.17, 15) is 4.79 Å². The summed E-state index contributed by atoms with van der Waals surface area (Å²) >= 11 is 0. The molecule has 0 saturated carbocycles. The van der Waals surface area contributed by atoms with Gasteiger partial charge in [0, 0.05) is 10.9 Å². The van der Waals surface area contributed by atoms with E-state index in [1.165, 1.54) is 5.56 Å². The maximum Gasteiger partial charge on any atom is 0.264 e. The molecule has 0 aliphatic heterocycles. The summed E-state index contributed by atoms with van der Waals surface area (Å²) in [6.07, 6.45) is 4.07. The van der Waals surface area contributed by atoms with Crippen molar-refractivity contribution >= 4 is 22.4 Å². The van der Waals surface area contributed by atoms with Crippen LogP contribution in [-0.4, -0.2) is 9.38 Å². The number of nitrogens with zero attached hydrogens (tertiary/aromatic N) is 2. The van der Waals surface area contributed by atoms with Gasteiger partial charge in [-0.25, -0.2) is 4.98 Å². The van der Waals surface area contributed by atoms with Crippen LogP contribution in [-0.2, 0) is 6.42 Å². The highest BCUT2D eigenvalue weighted by Crippen LogP contribution is 2.26. The number of pyridine rings is 1. The van der Waals surface area contributed by atoms with Crippen molar-refractivity contribution < 1.29 is 0 Å². The Morgan fingerprint density at radius 2 is 1.65 bits per heavy atom. The van der Waals surface area contributed by atoms with E-state index in [0.717, 1.165) is 45.9 Å². The molecule has 110 valence electrons. The molecule has 5 rings (SSSR count). The fraction of sp³-hybridized carbons (Fsp3) is 0.100. The fourth-order valence-electron chi connectivity index (χ4n) is 3.64. The zero-order valence-electron chi connectivity index (χ0n) is 12.5. The zero-order chi connectivity index (χ0) is 15.4. The quantitative estimate of drug-likeness (QED) is 0.541. The number of aryl methyl sites for hydroxylation is 1. The number of hydrogen-bond acceptors (Lipinski definition) is 2. The van der Waals surface area contributed by atoms with Gasteiger partial charge in [-0.15, -0.1) is 0 Å². The van der Waals surface area contributed by atoms with Gasteiger partial charge in [0.15, 0.2) is 0 Å². The van der Waals surface area contributed by atoms with Gasteiger partial charge in [0.05, 0.1) is 10.9 Å². The van der Waals surface area contributed by atoms with E-state index in [0.29, 0.717) is 0 Å². The standard InChI is InChI=1S/C20H14N2O/c23-20-16-10-5-4-9-14(16)15-11-6-12-17-18(15)22(20)19(21-17)13-7-2-1-3-8-13/h1-5,7-10,12H,6,11H2. The van der Waals surface area contributed by atoms with E-state index in [-0.39, 0.29) is 5.56 Å². The first-order chi connectivity index (χ1) is 11.3. The first kappa shape index (κ1) is 12.6. The van der Waals surface area contributed by atoms with Gasteiger partial charge in [-0.05, 0) is 29.9 Å². The summed E-state index contributed by atoms with van der Waals surface area (Å²) in [5, 5.41) is 2.78. The van der Waals surface area contributed by atoms with Gasteiger partial charge in [0.1, 0.15) is 5.82 Å². The lowest BCUT2D eigenvalue weighted by atomic mass is 9.98. The minimum Gasteiger partial charge on any atom is -0.268 e. The molecule has 1 aliphatic rings. The second kappa shape index (κ2) is 4.53. The molecule has 0 amide bonds. The molecule has 2 aromatic heterocycles. The summed E-state index contributed by atoms with van der Waals surface area (Å²) in [5.41, 5.74) is 3.22. The summed E-state index contributed by atoms with van der Waals surface area (Å²) in [7, 11) is 0. The number of benzene rings is 2. The van der Waals surface area contributed by atoms with Crippen LogP contribution in [0.4, 0.5) is 0 Å². The van der Waals surface area contributed by atoms with Crippen molar-refractivity contribution in [1.82, 2.24) is 9.38 Å². The maximum absolute atomic E-state index is 13.1. The fourth-order valence-corrected chi connectivity index (χ4v) is 3.64. The van der Waals surface area contributed by atoms with Gasteiger partial charge in [-0.2, -0.15) is 0 Å². The normalized spacial score (nSPS) is 13.4. The third kappa shape index (κ3) is 1.65. The van der Waals surface area contributed by atoms with Gasteiger partial charge in [0.25, 0.3) is 5.56 Å². The highest BCUT2D eigenvalue weighted by Gasteiger charge is 2.20. The smallest absolute Gasteiger partial charge is 0.264 e. The molecule has 0 saturated heterocycles. The van der Waals surface area contributed by atoms with E-state index < -0.39 is 0 Å². The lowest BCUT2D eigenvalue weighted by Crippen LogP contribution is -2.19. The van der Waals surface area contributed by atoms with E-state index in [1.807, 2.05) is 48.5 Å². The minimum absolute atomic E-state index is 0.0206. The van der Waals surface area contributed by atoms with Crippen molar-refractivity contribution in [1.29, 1.82) is 0 Å². The Labute approximate surface area is 132 Å². The third-order valence-electron chi connectivity index (χ3n) is 4.64. The molecule has 0 spiro atoms. The molecule has 2 aromatic carbocycles. The predicted molar refractivity (Wildman–Crippen MR) is 92.4 cm³/mol. The van der Waals surface area contributed by atoms with Gasteiger partial charge in [0.2, 0.25) is 0 Å². The number of rotatable bonds is 1. The van der Waals surface area contributed by atoms with Gasteiger partial charge >= 0.3 is 0 Å². The van der Waals surface area contributed by atoms with Crippen LogP contribution in [0.25, 0.3) is 33.8 Å². The van der Waals surface area contributed by atoms with E-state index in [1.54, 1.807) is 4.40 Å². The van der Waals surface area contributed by atoms with Crippen LogP contribution in [0.3, 0.4) is 0 Å². The Bertz CT molecular complexity index is 1170. The molecule has 0 unspecified atom stereocenters. The van der Waals surface area contributed by atoms with Crippen LogP contribution in [0.15, 0.2) is 59.4 Å². The van der Waals surface area contributed by atoms with Gasteiger partial charge < -0.3 is 0 Å². The van der Waals surface area contributed by atoms with Crippen LogP contribution in [0.5, 0.6) is 0 Å². The monoisotopic (exact) mass is 298 g/mol. The average molecular weight is 298 g/mol. The highest BCUT2D eigenvalue weighted by atomic mass is 16.1. The van der Waals surface area contributed by atoms with Crippen LogP contribution in [0.1, 0.15) is 12.0 Å². The summed E-state index contributed by atoms with van der Waals surface area (Å²) in [5.74, 6) is 0.741. The first-order valence-electron chi connectivity index (χ1n) is 7.86. The van der Waals surface area contributed by atoms with E-state index >= 15 is 0 Å². The van der Waals surface area contributed by atoms with Crippen LogP contribution < -0.4 is 10.9 Å². The van der Waals surface area contributed by atoms with E-state index in [2.05, 4.69) is 12.1 Å². The highest BCUT2D eigenvalue weighted by molar-refractivity contribution is 5.91. The first-order valence-corrected chi connectivity index (χ1v) is 7.86. The van der Waals surface area contributed by atoms with Crippen molar-refractivity contribution in [3.05, 3.63) is 75.9 Å². The number of imidazole rings is 1. The summed E-state index contributed by atoms with van der Waals surface area (Å²) in [4.78, 5) is 17.9. The molecule has 0 N–H and O–H groups in total. The van der Waals surface area contributed by atoms with Crippen LogP contribution in [0, 0.1) is 0 Å². The van der Waals surface area contributed by atoms with Crippen molar-refractivity contribution in [2.75, 3.05) is 0 Å². The molecule has 3 heteroatoms. The van der Waals surface area contributed by atoms with Crippen molar-refractivity contribution in [2.45, 2.75) is 12.8 Å². The molecule has 3 nitrogen and oxygen atoms in total. The second-order valence-corrected chi connectivity index (χ2v) is 5.94. The summed E-state index contributed by atoms with van der Waals surface area (Å²) in [6.45, 7) is 0. The molecule has 0 atom stereocenters. The Balaban J connectivity index is 2.07. The molecular formula is C20H14N2O. The molecule has 1 aliphatic carbocycles. The Morgan fingerprint density at radius 3 is 2.48 bits per heavy atom. The SMILES string of the molecule is O=c1c2ccccc2c2c3c(nc(-c4ccccc4)n13)=CCC2. The maximum atomic E-state index is 13.1.